The molecule has 2 rings (SSSR count). The van der Waals surface area contributed by atoms with E-state index in [1.54, 1.807) is 13.8 Å². The summed E-state index contributed by atoms with van der Waals surface area (Å²) < 4.78 is 0. The van der Waals surface area contributed by atoms with Crippen LogP contribution in [0, 0.1) is 23.2 Å². The molecule has 2 saturated carbocycles. The molecule has 0 radical (unpaired) electrons. The first-order valence-corrected chi connectivity index (χ1v) is 7.15. The topological polar surface area (TPSA) is 87.7 Å². The predicted molar refractivity (Wildman–Crippen MR) is 73.7 cm³/mol. The van der Waals surface area contributed by atoms with Crippen LogP contribution in [0.2, 0.25) is 0 Å². The average Bonchev–Trinajstić information content (AvgIpc) is 2.99. The molecule has 1 amide bonds. The highest BCUT2D eigenvalue weighted by Crippen LogP contribution is 2.49. The van der Waals surface area contributed by atoms with Gasteiger partial charge < -0.3 is 16.3 Å². The van der Waals surface area contributed by atoms with Crippen LogP contribution in [0.15, 0.2) is 5.16 Å². The van der Waals surface area contributed by atoms with E-state index in [1.807, 2.05) is 0 Å². The Hall–Kier alpha value is -1.26. The number of nitrogens with two attached hydrogens (primary N) is 1. The predicted octanol–water partition coefficient (Wildman–Crippen LogP) is 1.70. The van der Waals surface area contributed by atoms with Crippen molar-refractivity contribution in [2.75, 3.05) is 0 Å². The van der Waals surface area contributed by atoms with E-state index in [0.717, 1.165) is 11.8 Å². The minimum absolute atomic E-state index is 0.0508. The first-order valence-electron chi connectivity index (χ1n) is 7.15. The smallest absolute Gasteiger partial charge is 0.233 e. The van der Waals surface area contributed by atoms with Crippen LogP contribution < -0.4 is 11.1 Å². The fourth-order valence-corrected chi connectivity index (χ4v) is 3.64. The highest BCUT2D eigenvalue weighted by atomic mass is 16.4. The van der Waals surface area contributed by atoms with E-state index in [9.17, 15) is 4.79 Å². The second-order valence-corrected chi connectivity index (χ2v) is 6.71. The normalized spacial score (nSPS) is 32.4. The molecular formula is C14H25N3O2. The lowest BCUT2D eigenvalue weighted by atomic mass is 9.83. The minimum atomic E-state index is -0.972. The summed E-state index contributed by atoms with van der Waals surface area (Å²) in [7, 11) is 0. The number of oxime groups is 1. The monoisotopic (exact) mass is 267 g/mol. The fourth-order valence-electron chi connectivity index (χ4n) is 3.64. The Balaban J connectivity index is 1.95. The van der Waals surface area contributed by atoms with Crippen LogP contribution in [-0.4, -0.2) is 23.0 Å². The zero-order chi connectivity index (χ0) is 14.2. The number of nitrogens with one attached hydrogen (secondary N) is 1. The molecule has 5 heteroatoms. The van der Waals surface area contributed by atoms with E-state index in [-0.39, 0.29) is 17.8 Å². The van der Waals surface area contributed by atoms with E-state index in [0.29, 0.717) is 5.92 Å². The van der Waals surface area contributed by atoms with Crippen LogP contribution in [0.25, 0.3) is 0 Å². The number of rotatable bonds is 4. The number of carbonyl (C=O) groups is 1. The molecule has 2 fully saturated rings. The van der Waals surface area contributed by atoms with E-state index in [2.05, 4.69) is 17.4 Å². The Morgan fingerprint density at radius 1 is 1.42 bits per heavy atom. The van der Waals surface area contributed by atoms with Gasteiger partial charge in [-0.2, -0.15) is 0 Å². The van der Waals surface area contributed by atoms with E-state index in [4.69, 9.17) is 10.9 Å². The molecule has 0 heterocycles. The van der Waals surface area contributed by atoms with Crippen LogP contribution in [0.3, 0.4) is 0 Å². The number of fused-ring (bicyclic) bond motifs is 2. The molecule has 0 saturated heterocycles. The number of hydrogen-bond donors (Lipinski definition) is 3. The maximum atomic E-state index is 12.3. The van der Waals surface area contributed by atoms with Crippen molar-refractivity contribution in [2.45, 2.75) is 52.5 Å². The third kappa shape index (κ3) is 2.55. The van der Waals surface area contributed by atoms with Crippen molar-refractivity contribution in [1.82, 2.24) is 5.32 Å². The highest BCUT2D eigenvalue weighted by molar-refractivity contribution is 6.05. The number of amides is 1. The minimum Gasteiger partial charge on any atom is -0.409 e. The van der Waals surface area contributed by atoms with E-state index >= 15 is 0 Å². The van der Waals surface area contributed by atoms with Gasteiger partial charge in [0.15, 0.2) is 5.84 Å². The van der Waals surface area contributed by atoms with Crippen molar-refractivity contribution >= 4 is 11.7 Å². The van der Waals surface area contributed by atoms with Gasteiger partial charge in [0, 0.05) is 6.04 Å². The lowest BCUT2D eigenvalue weighted by molar-refractivity contribution is -0.127. The molecule has 0 spiro atoms. The summed E-state index contributed by atoms with van der Waals surface area (Å²) in [6.45, 7) is 5.42. The third-order valence-electron chi connectivity index (χ3n) is 5.11. The molecule has 108 valence electrons. The largest absolute Gasteiger partial charge is 0.409 e. The van der Waals surface area contributed by atoms with Crippen LogP contribution in [0.4, 0.5) is 0 Å². The van der Waals surface area contributed by atoms with Crippen LogP contribution in [-0.2, 0) is 4.79 Å². The zero-order valence-electron chi connectivity index (χ0n) is 12.0. The lowest BCUT2D eigenvalue weighted by Gasteiger charge is -2.31. The molecule has 4 unspecified atom stereocenters. The van der Waals surface area contributed by atoms with Crippen molar-refractivity contribution in [3.8, 4) is 0 Å². The van der Waals surface area contributed by atoms with Crippen molar-refractivity contribution in [1.29, 1.82) is 0 Å². The van der Waals surface area contributed by atoms with Gasteiger partial charge in [0.25, 0.3) is 0 Å². The summed E-state index contributed by atoms with van der Waals surface area (Å²) in [4.78, 5) is 12.3. The molecule has 19 heavy (non-hydrogen) atoms. The summed E-state index contributed by atoms with van der Waals surface area (Å²) in [5, 5.41) is 14.7. The first kappa shape index (κ1) is 14.2. The Bertz CT molecular complexity index is 392. The Labute approximate surface area is 114 Å². The fraction of sp³-hybridized carbons (Fsp3) is 0.857. The number of nitrogens with zero attached hydrogens (tertiary/aromatic N) is 1. The maximum Gasteiger partial charge on any atom is 0.233 e. The SMILES string of the molecule is CC(NC(=O)C(C)(C)C(N)=NO)C1CC2CCC1C2. The van der Waals surface area contributed by atoms with Gasteiger partial charge in [0.05, 0.1) is 0 Å². The lowest BCUT2D eigenvalue weighted by Crippen LogP contribution is -2.50. The summed E-state index contributed by atoms with van der Waals surface area (Å²) in [6.07, 6.45) is 5.22. The van der Waals surface area contributed by atoms with Gasteiger partial charge >= 0.3 is 0 Å². The van der Waals surface area contributed by atoms with E-state index < -0.39 is 5.41 Å². The summed E-state index contributed by atoms with van der Waals surface area (Å²) in [6, 6.07) is 0.161. The van der Waals surface area contributed by atoms with Gasteiger partial charge in [0.2, 0.25) is 5.91 Å². The second-order valence-electron chi connectivity index (χ2n) is 6.71. The molecule has 0 aliphatic heterocycles. The van der Waals surface area contributed by atoms with Crippen LogP contribution in [0.5, 0.6) is 0 Å². The molecule has 2 aliphatic rings. The third-order valence-corrected chi connectivity index (χ3v) is 5.11. The molecule has 2 aliphatic carbocycles. The Kier molecular flexibility index (Phi) is 3.74. The molecule has 2 bridgehead atoms. The summed E-state index contributed by atoms with van der Waals surface area (Å²) in [5.74, 6) is 2.01. The summed E-state index contributed by atoms with van der Waals surface area (Å²) >= 11 is 0. The second kappa shape index (κ2) is 5.02. The number of amidine groups is 1. The molecular weight excluding hydrogens is 242 g/mol. The van der Waals surface area contributed by atoms with Gasteiger partial charge in [-0.25, -0.2) is 0 Å². The van der Waals surface area contributed by atoms with Crippen molar-refractivity contribution in [2.24, 2.45) is 34.1 Å². The van der Waals surface area contributed by atoms with Crippen LogP contribution >= 0.6 is 0 Å². The summed E-state index contributed by atoms with van der Waals surface area (Å²) in [5.41, 5.74) is 4.61. The van der Waals surface area contributed by atoms with Gasteiger partial charge in [-0.05, 0) is 57.8 Å². The molecule has 5 nitrogen and oxygen atoms in total. The van der Waals surface area contributed by atoms with E-state index in [1.165, 1.54) is 25.7 Å². The zero-order valence-corrected chi connectivity index (χ0v) is 12.0. The van der Waals surface area contributed by atoms with Gasteiger partial charge in [0.1, 0.15) is 5.41 Å². The van der Waals surface area contributed by atoms with Crippen molar-refractivity contribution in [3.63, 3.8) is 0 Å². The Morgan fingerprint density at radius 3 is 2.58 bits per heavy atom. The molecule has 0 aromatic rings. The van der Waals surface area contributed by atoms with Gasteiger partial charge in [-0.15, -0.1) is 0 Å². The molecule has 4 atom stereocenters. The molecule has 4 N–H and O–H groups in total. The number of carbonyl (C=O) groups excluding carboxylic acids is 1. The van der Waals surface area contributed by atoms with Crippen molar-refractivity contribution < 1.29 is 10.0 Å². The Morgan fingerprint density at radius 2 is 2.11 bits per heavy atom. The average molecular weight is 267 g/mol. The standard InChI is InChI=1S/C14H25N3O2/c1-8(11-7-9-4-5-10(11)6-9)16-13(18)14(2,3)12(15)17-19/h8-11,19H,4-7H2,1-3H3,(H2,15,17)(H,16,18). The molecule has 0 aromatic carbocycles. The quantitative estimate of drug-likeness (QED) is 0.313. The maximum absolute atomic E-state index is 12.3. The first-order chi connectivity index (χ1) is 8.86. The van der Waals surface area contributed by atoms with Crippen molar-refractivity contribution in [3.05, 3.63) is 0 Å². The molecule has 0 aromatic heterocycles. The highest BCUT2D eigenvalue weighted by Gasteiger charge is 2.43. The van der Waals surface area contributed by atoms with Crippen LogP contribution in [0.1, 0.15) is 46.5 Å². The number of hydrogen-bond acceptors (Lipinski definition) is 3. The van der Waals surface area contributed by atoms with Gasteiger partial charge in [-0.1, -0.05) is 11.6 Å². The van der Waals surface area contributed by atoms with Gasteiger partial charge in [-0.3, -0.25) is 4.79 Å².